The van der Waals surface area contributed by atoms with Gasteiger partial charge in [0.15, 0.2) is 0 Å². The van der Waals surface area contributed by atoms with Gasteiger partial charge in [-0.15, -0.1) is 0 Å². The summed E-state index contributed by atoms with van der Waals surface area (Å²) >= 11 is 0. The van der Waals surface area contributed by atoms with E-state index in [2.05, 4.69) is 11.8 Å². The second kappa shape index (κ2) is 6.11. The number of rotatable bonds is 2. The minimum Gasteiger partial charge on any atom is -0.219 e. The lowest BCUT2D eigenvalue weighted by Gasteiger charge is -2.05. The summed E-state index contributed by atoms with van der Waals surface area (Å²) in [6.07, 6.45) is 0. The van der Waals surface area contributed by atoms with Gasteiger partial charge < -0.3 is 0 Å². The normalized spacial score (nSPS) is 11.0. The van der Waals surface area contributed by atoms with Crippen LogP contribution in [0.3, 0.4) is 0 Å². The summed E-state index contributed by atoms with van der Waals surface area (Å²) in [6.45, 7) is 3.80. The van der Waals surface area contributed by atoms with Crippen LogP contribution in [0.4, 0.5) is 4.39 Å². The molecule has 0 N–H and O–H groups in total. The van der Waals surface area contributed by atoms with Crippen LogP contribution in [0.25, 0.3) is 0 Å². The molecule has 0 aromatic heterocycles. The molecule has 2 rings (SSSR count). The molecule has 0 fully saturated rings. The first-order chi connectivity index (χ1) is 9.91. The number of benzene rings is 2. The van der Waals surface area contributed by atoms with Crippen molar-refractivity contribution in [2.75, 3.05) is 0 Å². The third-order valence-electron chi connectivity index (χ3n) is 2.80. The van der Waals surface area contributed by atoms with E-state index < -0.39 is 15.7 Å². The second-order valence-corrected chi connectivity index (χ2v) is 6.83. The molecular weight excluding hydrogens is 287 g/mol. The third kappa shape index (κ3) is 3.50. The molecule has 0 aliphatic rings. The molecule has 0 unspecified atom stereocenters. The highest BCUT2D eigenvalue weighted by Gasteiger charge is 2.18. The topological polar surface area (TPSA) is 34.1 Å². The third-order valence-corrected chi connectivity index (χ3v) is 4.57. The molecule has 2 aromatic rings. The second-order valence-electron chi connectivity index (χ2n) is 4.88. The monoisotopic (exact) mass is 302 g/mol. The van der Waals surface area contributed by atoms with E-state index in [0.717, 1.165) is 6.07 Å². The van der Waals surface area contributed by atoms with Crippen LogP contribution in [-0.4, -0.2) is 8.42 Å². The predicted molar refractivity (Wildman–Crippen MR) is 80.0 cm³/mol. The summed E-state index contributed by atoms with van der Waals surface area (Å²) in [5.74, 6) is 5.06. The van der Waals surface area contributed by atoms with Gasteiger partial charge in [0, 0.05) is 5.92 Å². The Morgan fingerprint density at radius 2 is 1.67 bits per heavy atom. The van der Waals surface area contributed by atoms with Crippen molar-refractivity contribution in [3.05, 3.63) is 59.9 Å². The van der Waals surface area contributed by atoms with Crippen LogP contribution >= 0.6 is 0 Å². The minimum absolute atomic E-state index is 0.0682. The maximum Gasteiger partial charge on any atom is 0.206 e. The lowest BCUT2D eigenvalue weighted by atomic mass is 10.1. The van der Waals surface area contributed by atoms with Gasteiger partial charge in [0.25, 0.3) is 0 Å². The largest absolute Gasteiger partial charge is 0.219 e. The molecule has 0 heterocycles. The number of hydrogen-bond acceptors (Lipinski definition) is 2. The fourth-order valence-electron chi connectivity index (χ4n) is 1.72. The van der Waals surface area contributed by atoms with Gasteiger partial charge in [0.1, 0.15) is 5.82 Å². The van der Waals surface area contributed by atoms with Crippen LogP contribution < -0.4 is 0 Å². The molecule has 0 aliphatic carbocycles. The fourth-order valence-corrected chi connectivity index (χ4v) is 3.02. The summed E-state index contributed by atoms with van der Waals surface area (Å²) in [7, 11) is -3.70. The molecule has 0 saturated carbocycles. The molecule has 0 atom stereocenters. The highest BCUT2D eigenvalue weighted by atomic mass is 32.2. The predicted octanol–water partition coefficient (Wildman–Crippen LogP) is 3.67. The molecule has 0 amide bonds. The Morgan fingerprint density at radius 1 is 1.00 bits per heavy atom. The summed E-state index contributed by atoms with van der Waals surface area (Å²) < 4.78 is 38.7. The van der Waals surface area contributed by atoms with Gasteiger partial charge in [-0.1, -0.05) is 43.9 Å². The zero-order valence-electron chi connectivity index (χ0n) is 11.8. The zero-order valence-corrected chi connectivity index (χ0v) is 12.6. The standard InChI is InChI=1S/C17H15FO2S/c1-13(2)8-9-14-10-11-16(12-17(14)18)21(19,20)15-6-4-3-5-7-15/h3-7,10-13H,1-2H3. The van der Waals surface area contributed by atoms with E-state index in [1.807, 2.05) is 13.8 Å². The van der Waals surface area contributed by atoms with Gasteiger partial charge in [-0.3, -0.25) is 0 Å². The zero-order chi connectivity index (χ0) is 15.5. The van der Waals surface area contributed by atoms with E-state index in [1.165, 1.54) is 24.3 Å². The average molecular weight is 302 g/mol. The Morgan fingerprint density at radius 3 is 2.24 bits per heavy atom. The molecule has 2 aromatic carbocycles. The van der Waals surface area contributed by atoms with Crippen LogP contribution in [0, 0.1) is 23.6 Å². The van der Waals surface area contributed by atoms with E-state index in [0.29, 0.717) is 0 Å². The maximum atomic E-state index is 14.0. The van der Waals surface area contributed by atoms with E-state index >= 15 is 0 Å². The first kappa shape index (κ1) is 15.3. The first-order valence-electron chi connectivity index (χ1n) is 6.52. The highest BCUT2D eigenvalue weighted by Crippen LogP contribution is 2.22. The molecular formula is C17H15FO2S. The van der Waals surface area contributed by atoms with Crippen molar-refractivity contribution in [3.63, 3.8) is 0 Å². The van der Waals surface area contributed by atoms with Crippen molar-refractivity contribution in [2.45, 2.75) is 23.6 Å². The van der Waals surface area contributed by atoms with Gasteiger partial charge in [-0.25, -0.2) is 12.8 Å². The van der Waals surface area contributed by atoms with E-state index in [4.69, 9.17) is 0 Å². The molecule has 2 nitrogen and oxygen atoms in total. The fraction of sp³-hybridized carbons (Fsp3) is 0.176. The first-order valence-corrected chi connectivity index (χ1v) is 8.01. The van der Waals surface area contributed by atoms with Gasteiger partial charge in [-0.05, 0) is 30.3 Å². The van der Waals surface area contributed by atoms with Crippen LogP contribution in [-0.2, 0) is 9.84 Å². The summed E-state index contributed by atoms with van der Waals surface area (Å²) in [4.78, 5) is 0.0757. The minimum atomic E-state index is -3.70. The van der Waals surface area contributed by atoms with Crippen LogP contribution in [0.5, 0.6) is 0 Å². The summed E-state index contributed by atoms with van der Waals surface area (Å²) in [5, 5.41) is 0. The molecule has 108 valence electrons. The summed E-state index contributed by atoms with van der Waals surface area (Å²) in [5.41, 5.74) is 0.204. The Kier molecular flexibility index (Phi) is 4.44. The Labute approximate surface area is 124 Å². The molecule has 0 saturated heterocycles. The number of hydrogen-bond donors (Lipinski definition) is 0. The Balaban J connectivity index is 2.44. The van der Waals surface area contributed by atoms with E-state index in [9.17, 15) is 12.8 Å². The van der Waals surface area contributed by atoms with Crippen LogP contribution in [0.1, 0.15) is 19.4 Å². The molecule has 0 radical (unpaired) electrons. The van der Waals surface area contributed by atoms with Crippen molar-refractivity contribution in [1.82, 2.24) is 0 Å². The molecule has 0 bridgehead atoms. The number of halogens is 1. The van der Waals surface area contributed by atoms with Gasteiger partial charge in [0.05, 0.1) is 15.4 Å². The van der Waals surface area contributed by atoms with Crippen molar-refractivity contribution >= 4 is 9.84 Å². The molecule has 0 spiro atoms. The van der Waals surface area contributed by atoms with Gasteiger partial charge in [0.2, 0.25) is 9.84 Å². The average Bonchev–Trinajstić information content (AvgIpc) is 2.46. The van der Waals surface area contributed by atoms with Crippen molar-refractivity contribution in [3.8, 4) is 11.8 Å². The maximum absolute atomic E-state index is 14.0. The van der Waals surface area contributed by atoms with Crippen molar-refractivity contribution in [1.29, 1.82) is 0 Å². The number of sulfone groups is 1. The Bertz CT molecular complexity index is 798. The molecule has 4 heteroatoms. The SMILES string of the molecule is CC(C)C#Cc1ccc(S(=O)(=O)c2ccccc2)cc1F. The molecule has 21 heavy (non-hydrogen) atoms. The molecule has 0 aliphatic heterocycles. The van der Waals surface area contributed by atoms with Crippen LogP contribution in [0.2, 0.25) is 0 Å². The van der Waals surface area contributed by atoms with Crippen molar-refractivity contribution < 1.29 is 12.8 Å². The smallest absolute Gasteiger partial charge is 0.206 e. The van der Waals surface area contributed by atoms with Crippen molar-refractivity contribution in [2.24, 2.45) is 5.92 Å². The quantitative estimate of drug-likeness (QED) is 0.793. The summed E-state index contributed by atoms with van der Waals surface area (Å²) in [6, 6.07) is 11.8. The Hall–Kier alpha value is -2.12. The lowest BCUT2D eigenvalue weighted by molar-refractivity contribution is 0.590. The van der Waals surface area contributed by atoms with Gasteiger partial charge in [-0.2, -0.15) is 0 Å². The van der Waals surface area contributed by atoms with E-state index in [-0.39, 0.29) is 21.3 Å². The van der Waals surface area contributed by atoms with E-state index in [1.54, 1.807) is 18.2 Å². The lowest BCUT2D eigenvalue weighted by Crippen LogP contribution is -2.02. The van der Waals surface area contributed by atoms with Crippen LogP contribution in [0.15, 0.2) is 58.3 Å². The van der Waals surface area contributed by atoms with Gasteiger partial charge >= 0.3 is 0 Å². The highest BCUT2D eigenvalue weighted by molar-refractivity contribution is 7.91.